The molecule has 6 heteroatoms. The summed E-state index contributed by atoms with van der Waals surface area (Å²) in [5.41, 5.74) is 1.28. The van der Waals surface area contributed by atoms with Crippen molar-refractivity contribution < 1.29 is 0 Å². The molecule has 1 aliphatic heterocycles. The lowest BCUT2D eigenvalue weighted by Crippen LogP contribution is -2.46. The smallest absolute Gasteiger partial charge is 0.215 e. The molecular weight excluding hydrogens is 258 g/mol. The van der Waals surface area contributed by atoms with Crippen molar-refractivity contribution in [3.63, 3.8) is 0 Å². The normalized spacial score (nSPS) is 15.6. The van der Waals surface area contributed by atoms with Crippen molar-refractivity contribution in [1.29, 1.82) is 0 Å². The van der Waals surface area contributed by atoms with Gasteiger partial charge in [0.1, 0.15) is 0 Å². The molecule has 0 bridgehead atoms. The molecule has 5 nitrogen and oxygen atoms in total. The number of nitrogens with one attached hydrogen (secondary N) is 1. The van der Waals surface area contributed by atoms with Gasteiger partial charge >= 0.3 is 0 Å². The Morgan fingerprint density at radius 1 is 1.00 bits per heavy atom. The predicted octanol–water partition coefficient (Wildman–Crippen LogP) is 1.86. The summed E-state index contributed by atoms with van der Waals surface area (Å²) in [5.74, 6) is 0.858. The average Bonchev–Trinajstić information content (AvgIpc) is 2.48. The van der Waals surface area contributed by atoms with Crippen LogP contribution in [0.1, 0.15) is 0 Å². The van der Waals surface area contributed by atoms with E-state index >= 15 is 0 Å². The second-order valence-electron chi connectivity index (χ2n) is 4.45. The zero-order chi connectivity index (χ0) is 13.1. The Hall–Kier alpha value is -1.95. The number of piperazine rings is 1. The molecule has 3 rings (SSSR count). The van der Waals surface area contributed by atoms with Gasteiger partial charge in [-0.3, -0.25) is 5.10 Å². The van der Waals surface area contributed by atoms with Gasteiger partial charge in [-0.25, -0.2) is 0 Å². The standard InChI is InChI=1S/C13H15N5S/c19-13-15-12(10-14-16-13)18-8-6-17(7-9-18)11-4-2-1-3-5-11/h1-5,10H,6-9H2,(H,15,16,19). The molecule has 0 radical (unpaired) electrons. The molecule has 19 heavy (non-hydrogen) atoms. The number of aromatic amines is 1. The lowest BCUT2D eigenvalue weighted by molar-refractivity contribution is 0.643. The molecule has 98 valence electrons. The van der Waals surface area contributed by atoms with Crippen molar-refractivity contribution in [2.24, 2.45) is 0 Å². The topological polar surface area (TPSA) is 48.1 Å². The third-order valence-electron chi connectivity index (χ3n) is 3.28. The number of hydrogen-bond acceptors (Lipinski definition) is 5. The summed E-state index contributed by atoms with van der Waals surface area (Å²) < 4.78 is 0.433. The van der Waals surface area contributed by atoms with E-state index in [4.69, 9.17) is 12.2 Å². The van der Waals surface area contributed by atoms with E-state index in [9.17, 15) is 0 Å². The molecule has 1 aliphatic rings. The van der Waals surface area contributed by atoms with Crippen LogP contribution in [0.2, 0.25) is 0 Å². The van der Waals surface area contributed by atoms with Crippen LogP contribution in [0.5, 0.6) is 0 Å². The van der Waals surface area contributed by atoms with Gasteiger partial charge in [-0.2, -0.15) is 10.1 Å². The predicted molar refractivity (Wildman–Crippen MR) is 78.1 cm³/mol. The number of nitrogens with zero attached hydrogens (tertiary/aromatic N) is 4. The van der Waals surface area contributed by atoms with Crippen LogP contribution in [0.3, 0.4) is 0 Å². The molecule has 2 aromatic rings. The molecule has 0 aliphatic carbocycles. The van der Waals surface area contributed by atoms with Crippen LogP contribution < -0.4 is 9.80 Å². The van der Waals surface area contributed by atoms with Crippen molar-refractivity contribution in [3.05, 3.63) is 41.3 Å². The summed E-state index contributed by atoms with van der Waals surface area (Å²) in [6.07, 6.45) is 1.73. The van der Waals surface area contributed by atoms with E-state index in [0.717, 1.165) is 32.0 Å². The number of para-hydroxylation sites is 1. The summed E-state index contributed by atoms with van der Waals surface area (Å²) in [7, 11) is 0. The first-order chi connectivity index (χ1) is 9.33. The Bertz CT molecular complexity index is 589. The second kappa shape index (κ2) is 5.36. The summed E-state index contributed by atoms with van der Waals surface area (Å²) in [6, 6.07) is 10.5. The molecule has 1 N–H and O–H groups in total. The van der Waals surface area contributed by atoms with Gasteiger partial charge in [0, 0.05) is 31.9 Å². The van der Waals surface area contributed by atoms with Gasteiger partial charge in [0.25, 0.3) is 0 Å². The zero-order valence-corrected chi connectivity index (χ0v) is 11.3. The number of H-pyrrole nitrogens is 1. The fourth-order valence-electron chi connectivity index (χ4n) is 2.29. The fraction of sp³-hybridized carbons (Fsp3) is 0.308. The molecule has 0 amide bonds. The van der Waals surface area contributed by atoms with E-state index in [1.54, 1.807) is 6.20 Å². The fourth-order valence-corrected chi connectivity index (χ4v) is 2.43. The average molecular weight is 273 g/mol. The lowest BCUT2D eigenvalue weighted by Gasteiger charge is -2.36. The van der Waals surface area contributed by atoms with Gasteiger partial charge in [0.2, 0.25) is 4.77 Å². The molecule has 0 atom stereocenters. The van der Waals surface area contributed by atoms with Crippen LogP contribution in [0.25, 0.3) is 0 Å². The van der Waals surface area contributed by atoms with E-state index in [2.05, 4.69) is 49.2 Å². The first-order valence-electron chi connectivity index (χ1n) is 6.29. The molecule has 1 aromatic carbocycles. The highest BCUT2D eigenvalue weighted by Gasteiger charge is 2.18. The summed E-state index contributed by atoms with van der Waals surface area (Å²) in [4.78, 5) is 8.90. The number of benzene rings is 1. The van der Waals surface area contributed by atoms with E-state index in [1.807, 2.05) is 6.07 Å². The molecule has 1 saturated heterocycles. The van der Waals surface area contributed by atoms with E-state index in [-0.39, 0.29) is 0 Å². The Morgan fingerprint density at radius 2 is 1.68 bits per heavy atom. The van der Waals surface area contributed by atoms with Gasteiger partial charge in [-0.05, 0) is 24.4 Å². The molecule has 1 fully saturated rings. The highest BCUT2D eigenvalue weighted by atomic mass is 32.1. The third kappa shape index (κ3) is 2.73. The molecule has 0 unspecified atom stereocenters. The van der Waals surface area contributed by atoms with Gasteiger partial charge in [-0.1, -0.05) is 18.2 Å². The van der Waals surface area contributed by atoms with Crippen LogP contribution >= 0.6 is 12.2 Å². The van der Waals surface area contributed by atoms with Crippen LogP contribution in [0.4, 0.5) is 11.5 Å². The first kappa shape index (κ1) is 12.1. The quantitative estimate of drug-likeness (QED) is 0.846. The van der Waals surface area contributed by atoms with Crippen LogP contribution in [0.15, 0.2) is 36.5 Å². The molecule has 1 aromatic heterocycles. The van der Waals surface area contributed by atoms with E-state index < -0.39 is 0 Å². The zero-order valence-electron chi connectivity index (χ0n) is 10.5. The second-order valence-corrected chi connectivity index (χ2v) is 4.84. The summed E-state index contributed by atoms with van der Waals surface area (Å²) in [6.45, 7) is 3.83. The Balaban J connectivity index is 1.68. The van der Waals surface area contributed by atoms with E-state index in [1.165, 1.54) is 5.69 Å². The minimum absolute atomic E-state index is 0.433. The van der Waals surface area contributed by atoms with Crippen molar-refractivity contribution >= 4 is 23.7 Å². The maximum absolute atomic E-state index is 5.00. The minimum Gasteiger partial charge on any atom is -0.368 e. The third-order valence-corrected chi connectivity index (χ3v) is 3.46. The summed E-state index contributed by atoms with van der Waals surface area (Å²) >= 11 is 5.00. The minimum atomic E-state index is 0.433. The Labute approximate surface area is 116 Å². The maximum Gasteiger partial charge on any atom is 0.215 e. The highest BCUT2D eigenvalue weighted by Crippen LogP contribution is 2.17. The van der Waals surface area contributed by atoms with Gasteiger partial charge < -0.3 is 9.80 Å². The first-order valence-corrected chi connectivity index (χ1v) is 6.70. The summed E-state index contributed by atoms with van der Waals surface area (Å²) in [5, 5.41) is 6.65. The molecule has 0 saturated carbocycles. The number of rotatable bonds is 2. The van der Waals surface area contributed by atoms with Gasteiger partial charge in [0.05, 0.1) is 6.20 Å². The monoisotopic (exact) mass is 273 g/mol. The van der Waals surface area contributed by atoms with Crippen LogP contribution in [-0.4, -0.2) is 41.4 Å². The number of anilines is 2. The number of hydrogen-bond donors (Lipinski definition) is 1. The van der Waals surface area contributed by atoms with Crippen LogP contribution in [-0.2, 0) is 0 Å². The SMILES string of the molecule is S=c1nc(N2CCN(c3ccccc3)CC2)cn[nH]1. The maximum atomic E-state index is 5.00. The Kier molecular flexibility index (Phi) is 3.41. The number of aromatic nitrogens is 3. The molecule has 0 spiro atoms. The molecular formula is C13H15N5S. The van der Waals surface area contributed by atoms with Crippen molar-refractivity contribution in [1.82, 2.24) is 15.2 Å². The van der Waals surface area contributed by atoms with Crippen molar-refractivity contribution in [2.45, 2.75) is 0 Å². The van der Waals surface area contributed by atoms with Gasteiger partial charge in [-0.15, -0.1) is 0 Å². The van der Waals surface area contributed by atoms with Gasteiger partial charge in [0.15, 0.2) is 5.82 Å². The van der Waals surface area contributed by atoms with E-state index in [0.29, 0.717) is 4.77 Å². The molecule has 2 heterocycles. The van der Waals surface area contributed by atoms with Crippen molar-refractivity contribution in [2.75, 3.05) is 36.0 Å². The Morgan fingerprint density at radius 3 is 2.37 bits per heavy atom. The highest BCUT2D eigenvalue weighted by molar-refractivity contribution is 7.71. The largest absolute Gasteiger partial charge is 0.368 e. The van der Waals surface area contributed by atoms with Crippen LogP contribution in [0, 0.1) is 4.77 Å². The van der Waals surface area contributed by atoms with Crippen molar-refractivity contribution in [3.8, 4) is 0 Å². The lowest BCUT2D eigenvalue weighted by atomic mass is 10.2.